The van der Waals surface area contributed by atoms with Gasteiger partial charge < -0.3 is 10.1 Å². The van der Waals surface area contributed by atoms with Crippen molar-refractivity contribution in [2.45, 2.75) is 123 Å². The van der Waals surface area contributed by atoms with Crippen molar-refractivity contribution in [3.8, 4) is 5.75 Å². The molecule has 0 saturated carbocycles. The zero-order valence-electron chi connectivity index (χ0n) is 25.0. The molecule has 0 radical (unpaired) electrons. The van der Waals surface area contributed by atoms with Crippen molar-refractivity contribution < 1.29 is 19.1 Å². The summed E-state index contributed by atoms with van der Waals surface area (Å²) >= 11 is 0. The van der Waals surface area contributed by atoms with Crippen LogP contribution in [-0.4, -0.2) is 24.1 Å². The van der Waals surface area contributed by atoms with E-state index in [9.17, 15) is 14.4 Å². The van der Waals surface area contributed by atoms with Crippen LogP contribution in [-0.2, 0) is 4.79 Å². The van der Waals surface area contributed by atoms with E-state index in [0.29, 0.717) is 29.2 Å². The standard InChI is InChI=1S/C35H51NO4/c1-3-4-5-6-7-8-9-10-11-12-13-14-15-16-17-20-27-40-34-22-19-18-21-32(34)33(38)28-35(39)36-31-25-23-30(24-26-31)29(2)37/h18-19,21-26H,3-17,20,27-28H2,1-2H3,(H,36,39). The quantitative estimate of drug-likeness (QED) is 0.0850. The average molecular weight is 550 g/mol. The van der Waals surface area contributed by atoms with E-state index in [0.717, 1.165) is 12.8 Å². The van der Waals surface area contributed by atoms with Crippen LogP contribution in [0.1, 0.15) is 144 Å². The lowest BCUT2D eigenvalue weighted by Crippen LogP contribution is -2.17. The Morgan fingerprint density at radius 3 is 1.68 bits per heavy atom. The molecule has 2 aromatic carbocycles. The molecule has 0 aliphatic rings. The van der Waals surface area contributed by atoms with Gasteiger partial charge in [-0.2, -0.15) is 0 Å². The number of unbranched alkanes of at least 4 members (excludes halogenated alkanes) is 15. The van der Waals surface area contributed by atoms with Gasteiger partial charge in [0, 0.05) is 11.3 Å². The number of amides is 1. The van der Waals surface area contributed by atoms with Gasteiger partial charge in [0.15, 0.2) is 11.6 Å². The number of anilines is 1. The number of hydrogen-bond acceptors (Lipinski definition) is 4. The molecule has 0 aromatic heterocycles. The Morgan fingerprint density at radius 1 is 0.650 bits per heavy atom. The van der Waals surface area contributed by atoms with E-state index in [1.165, 1.54) is 96.8 Å². The smallest absolute Gasteiger partial charge is 0.232 e. The van der Waals surface area contributed by atoms with E-state index >= 15 is 0 Å². The van der Waals surface area contributed by atoms with E-state index in [1.54, 1.807) is 42.5 Å². The molecule has 0 heterocycles. The van der Waals surface area contributed by atoms with Crippen LogP contribution in [0.25, 0.3) is 0 Å². The van der Waals surface area contributed by atoms with E-state index in [1.807, 2.05) is 6.07 Å². The molecule has 0 fully saturated rings. The fraction of sp³-hybridized carbons (Fsp3) is 0.571. The molecule has 0 atom stereocenters. The summed E-state index contributed by atoms with van der Waals surface area (Å²) in [5.74, 6) is -0.176. The van der Waals surface area contributed by atoms with Crippen LogP contribution in [0.2, 0.25) is 0 Å². The number of ketones is 2. The van der Waals surface area contributed by atoms with Crippen molar-refractivity contribution in [1.29, 1.82) is 0 Å². The Kier molecular flexibility index (Phi) is 17.4. The molecule has 1 N–H and O–H groups in total. The van der Waals surface area contributed by atoms with Gasteiger partial charge in [-0.25, -0.2) is 0 Å². The first-order chi connectivity index (χ1) is 19.5. The minimum Gasteiger partial charge on any atom is -0.493 e. The lowest BCUT2D eigenvalue weighted by molar-refractivity contribution is -0.115. The van der Waals surface area contributed by atoms with Gasteiger partial charge in [0.05, 0.1) is 18.6 Å². The first kappa shape index (κ1) is 33.3. The summed E-state index contributed by atoms with van der Waals surface area (Å²) in [6, 6.07) is 13.8. The maximum atomic E-state index is 12.8. The second-order valence-corrected chi connectivity index (χ2v) is 10.9. The first-order valence-electron chi connectivity index (χ1n) is 15.7. The number of benzene rings is 2. The van der Waals surface area contributed by atoms with Gasteiger partial charge >= 0.3 is 0 Å². The van der Waals surface area contributed by atoms with Crippen molar-refractivity contribution >= 4 is 23.2 Å². The Balaban J connectivity index is 1.54. The van der Waals surface area contributed by atoms with Gasteiger partial charge in [-0.15, -0.1) is 0 Å². The van der Waals surface area contributed by atoms with Gasteiger partial charge in [-0.3, -0.25) is 14.4 Å². The lowest BCUT2D eigenvalue weighted by atomic mass is 10.0. The number of para-hydroxylation sites is 1. The molecule has 0 aliphatic carbocycles. The first-order valence-corrected chi connectivity index (χ1v) is 15.7. The number of carbonyl (C=O) groups excluding carboxylic acids is 3. The van der Waals surface area contributed by atoms with Gasteiger partial charge in [0.2, 0.25) is 5.91 Å². The van der Waals surface area contributed by atoms with E-state index in [-0.39, 0.29) is 18.0 Å². The lowest BCUT2D eigenvalue weighted by Gasteiger charge is -2.11. The van der Waals surface area contributed by atoms with Crippen LogP contribution in [0.5, 0.6) is 5.75 Å². The third-order valence-corrected chi connectivity index (χ3v) is 7.34. The maximum absolute atomic E-state index is 12.8. The molecule has 2 aromatic rings. The minimum absolute atomic E-state index is 0.0377. The van der Waals surface area contributed by atoms with Gasteiger partial charge in [-0.1, -0.05) is 115 Å². The highest BCUT2D eigenvalue weighted by atomic mass is 16.5. The normalized spacial score (nSPS) is 10.8. The second-order valence-electron chi connectivity index (χ2n) is 10.9. The fourth-order valence-electron chi connectivity index (χ4n) is 4.89. The summed E-state index contributed by atoms with van der Waals surface area (Å²) in [5, 5.41) is 2.72. The Labute approximate surface area is 242 Å². The van der Waals surface area contributed by atoms with Gasteiger partial charge in [-0.05, 0) is 49.7 Å². The predicted molar refractivity (Wildman–Crippen MR) is 166 cm³/mol. The number of rotatable bonds is 23. The highest BCUT2D eigenvalue weighted by molar-refractivity contribution is 6.12. The average Bonchev–Trinajstić information content (AvgIpc) is 2.95. The number of hydrogen-bond donors (Lipinski definition) is 1. The number of nitrogens with one attached hydrogen (secondary N) is 1. The van der Waals surface area contributed by atoms with Crippen molar-refractivity contribution in [3.63, 3.8) is 0 Å². The third-order valence-electron chi connectivity index (χ3n) is 7.34. The molecule has 0 aliphatic heterocycles. The molecule has 0 spiro atoms. The van der Waals surface area contributed by atoms with Crippen LogP contribution >= 0.6 is 0 Å². The third kappa shape index (κ3) is 14.4. The molecule has 0 saturated heterocycles. The molecular formula is C35H51NO4. The van der Waals surface area contributed by atoms with Crippen LogP contribution in [0, 0.1) is 0 Å². The topological polar surface area (TPSA) is 72.5 Å². The second kappa shape index (κ2) is 20.9. The summed E-state index contributed by atoms with van der Waals surface area (Å²) in [6.07, 6.45) is 20.9. The van der Waals surface area contributed by atoms with Gasteiger partial charge in [0.25, 0.3) is 0 Å². The molecular weight excluding hydrogens is 498 g/mol. The molecule has 40 heavy (non-hydrogen) atoms. The maximum Gasteiger partial charge on any atom is 0.232 e. The fourth-order valence-corrected chi connectivity index (χ4v) is 4.89. The van der Waals surface area contributed by atoms with Crippen molar-refractivity contribution in [2.24, 2.45) is 0 Å². The molecule has 0 unspecified atom stereocenters. The molecule has 5 heteroatoms. The van der Waals surface area contributed by atoms with Crippen LogP contribution in [0.4, 0.5) is 5.69 Å². The van der Waals surface area contributed by atoms with Crippen molar-refractivity contribution in [1.82, 2.24) is 0 Å². The monoisotopic (exact) mass is 549 g/mol. The molecule has 220 valence electrons. The van der Waals surface area contributed by atoms with Crippen molar-refractivity contribution in [3.05, 3.63) is 59.7 Å². The van der Waals surface area contributed by atoms with Crippen LogP contribution < -0.4 is 10.1 Å². The van der Waals surface area contributed by atoms with E-state index in [4.69, 9.17) is 4.74 Å². The van der Waals surface area contributed by atoms with Crippen molar-refractivity contribution in [2.75, 3.05) is 11.9 Å². The number of Topliss-reactive ketones (excluding diaryl/α,β-unsaturated/α-hetero) is 2. The highest BCUT2D eigenvalue weighted by Crippen LogP contribution is 2.21. The molecule has 5 nitrogen and oxygen atoms in total. The Hall–Kier alpha value is -2.95. The van der Waals surface area contributed by atoms with Crippen LogP contribution in [0.15, 0.2) is 48.5 Å². The largest absolute Gasteiger partial charge is 0.493 e. The summed E-state index contributed by atoms with van der Waals surface area (Å²) in [5.41, 5.74) is 1.56. The zero-order chi connectivity index (χ0) is 28.8. The number of carbonyl (C=O) groups is 3. The molecule has 1 amide bonds. The zero-order valence-corrected chi connectivity index (χ0v) is 25.0. The minimum atomic E-state index is -0.395. The van der Waals surface area contributed by atoms with E-state index < -0.39 is 5.91 Å². The Bertz CT molecular complexity index is 999. The highest BCUT2D eigenvalue weighted by Gasteiger charge is 2.16. The number of ether oxygens (including phenoxy) is 1. The summed E-state index contributed by atoms with van der Waals surface area (Å²) < 4.78 is 5.93. The SMILES string of the molecule is CCCCCCCCCCCCCCCCCCOc1ccccc1C(=O)CC(=O)Nc1ccc(C(C)=O)cc1. The Morgan fingerprint density at radius 2 is 1.15 bits per heavy atom. The van der Waals surface area contributed by atoms with Gasteiger partial charge in [0.1, 0.15) is 5.75 Å². The predicted octanol–water partition coefficient (Wildman–Crippen LogP) is 9.74. The molecule has 0 bridgehead atoms. The summed E-state index contributed by atoms with van der Waals surface area (Å²) in [7, 11) is 0. The summed E-state index contributed by atoms with van der Waals surface area (Å²) in [6.45, 7) is 4.33. The van der Waals surface area contributed by atoms with E-state index in [2.05, 4.69) is 12.2 Å². The summed E-state index contributed by atoms with van der Waals surface area (Å²) in [4.78, 5) is 36.6. The molecule has 2 rings (SSSR count). The van der Waals surface area contributed by atoms with Crippen LogP contribution in [0.3, 0.4) is 0 Å².